The van der Waals surface area contributed by atoms with Crippen LogP contribution in [0.25, 0.3) is 0 Å². The van der Waals surface area contributed by atoms with Crippen molar-refractivity contribution < 1.29 is 17.6 Å². The van der Waals surface area contributed by atoms with Crippen LogP contribution in [0.2, 0.25) is 5.02 Å². The van der Waals surface area contributed by atoms with E-state index in [4.69, 9.17) is 20.8 Å². The third-order valence-electron chi connectivity index (χ3n) is 6.13. The van der Waals surface area contributed by atoms with E-state index in [-0.39, 0.29) is 17.5 Å². The summed E-state index contributed by atoms with van der Waals surface area (Å²) in [6.45, 7) is 2.85. The number of sulfonamides is 1. The SMILES string of the molecule is COc1cccc(S(=O)(=O)N(Cc2ccco2)C2CCN(CCc3ccc(Cl)cc3)CC2)c1. The lowest BCUT2D eigenvalue weighted by Gasteiger charge is -2.37. The standard InChI is InChI=1S/C25H29ClN2O4S/c1-31-23-4-2-6-25(18-23)33(29,30)28(19-24-5-3-17-32-24)22-12-15-27(16-13-22)14-11-20-7-9-21(26)10-8-20/h2-10,17-18,22H,11-16,19H2,1H3. The average molecular weight is 489 g/mol. The van der Waals surface area contributed by atoms with E-state index in [1.165, 1.54) is 12.7 Å². The fourth-order valence-corrected chi connectivity index (χ4v) is 6.05. The van der Waals surface area contributed by atoms with Gasteiger partial charge < -0.3 is 14.1 Å². The highest BCUT2D eigenvalue weighted by Gasteiger charge is 2.34. The fraction of sp³-hybridized carbons (Fsp3) is 0.360. The molecule has 6 nitrogen and oxygen atoms in total. The molecule has 1 aliphatic rings. The van der Waals surface area contributed by atoms with Crippen molar-refractivity contribution in [2.45, 2.75) is 36.7 Å². The van der Waals surface area contributed by atoms with Gasteiger partial charge in [0.2, 0.25) is 10.0 Å². The largest absolute Gasteiger partial charge is 0.497 e. The summed E-state index contributed by atoms with van der Waals surface area (Å²) < 4.78 is 39.6. The molecular formula is C25H29ClN2O4S. The summed E-state index contributed by atoms with van der Waals surface area (Å²) in [6.07, 6.45) is 4.06. The minimum absolute atomic E-state index is 0.0990. The van der Waals surface area contributed by atoms with Crippen molar-refractivity contribution in [2.24, 2.45) is 0 Å². The molecule has 0 amide bonds. The number of hydrogen-bond donors (Lipinski definition) is 0. The molecule has 0 unspecified atom stereocenters. The van der Waals surface area contributed by atoms with Gasteiger partial charge in [-0.25, -0.2) is 8.42 Å². The molecule has 1 aliphatic heterocycles. The first-order valence-corrected chi connectivity index (χ1v) is 12.9. The van der Waals surface area contributed by atoms with Crippen molar-refractivity contribution in [1.29, 1.82) is 0 Å². The van der Waals surface area contributed by atoms with Gasteiger partial charge >= 0.3 is 0 Å². The molecule has 176 valence electrons. The number of rotatable bonds is 9. The monoisotopic (exact) mass is 488 g/mol. The highest BCUT2D eigenvalue weighted by atomic mass is 35.5. The first kappa shape index (κ1) is 23.8. The Hall–Kier alpha value is -2.32. The maximum Gasteiger partial charge on any atom is 0.243 e. The van der Waals surface area contributed by atoms with E-state index >= 15 is 0 Å². The number of ether oxygens (including phenoxy) is 1. The summed E-state index contributed by atoms with van der Waals surface area (Å²) in [5, 5.41) is 0.744. The van der Waals surface area contributed by atoms with Crippen molar-refractivity contribution in [3.8, 4) is 5.75 Å². The first-order valence-electron chi connectivity index (χ1n) is 11.1. The molecule has 0 saturated carbocycles. The number of nitrogens with zero attached hydrogens (tertiary/aromatic N) is 2. The van der Waals surface area contributed by atoms with Gasteiger partial charge in [-0.05, 0) is 74.3 Å². The van der Waals surface area contributed by atoms with E-state index in [2.05, 4.69) is 17.0 Å². The zero-order valence-electron chi connectivity index (χ0n) is 18.7. The Morgan fingerprint density at radius 2 is 1.85 bits per heavy atom. The third kappa shape index (κ3) is 5.98. The molecule has 3 aromatic rings. The summed E-state index contributed by atoms with van der Waals surface area (Å²) in [6, 6.07) is 18.1. The zero-order valence-corrected chi connectivity index (χ0v) is 20.3. The number of piperidine rings is 1. The van der Waals surface area contributed by atoms with Gasteiger partial charge in [0.05, 0.1) is 24.8 Å². The molecular weight excluding hydrogens is 460 g/mol. The molecule has 2 aromatic carbocycles. The summed E-state index contributed by atoms with van der Waals surface area (Å²) in [5.41, 5.74) is 1.25. The van der Waals surface area contributed by atoms with E-state index in [9.17, 15) is 8.42 Å². The Kier molecular flexibility index (Phi) is 7.75. The van der Waals surface area contributed by atoms with Crippen LogP contribution >= 0.6 is 11.6 Å². The van der Waals surface area contributed by atoms with Crippen LogP contribution in [0.15, 0.2) is 76.2 Å². The Bertz CT molecular complexity index is 1130. The van der Waals surface area contributed by atoms with E-state index in [0.717, 1.165) is 43.9 Å². The smallest absolute Gasteiger partial charge is 0.243 e. The molecule has 0 bridgehead atoms. The van der Waals surface area contributed by atoms with Crippen LogP contribution in [-0.2, 0) is 23.0 Å². The van der Waals surface area contributed by atoms with Gasteiger partial charge in [-0.2, -0.15) is 4.31 Å². The van der Waals surface area contributed by atoms with Gasteiger partial charge in [0, 0.05) is 23.7 Å². The van der Waals surface area contributed by atoms with Gasteiger partial charge in [0.15, 0.2) is 0 Å². The first-order chi connectivity index (χ1) is 16.0. The van der Waals surface area contributed by atoms with Crippen LogP contribution in [0.3, 0.4) is 0 Å². The summed E-state index contributed by atoms with van der Waals surface area (Å²) in [4.78, 5) is 2.63. The minimum Gasteiger partial charge on any atom is -0.497 e. The van der Waals surface area contributed by atoms with Crippen LogP contribution in [0.4, 0.5) is 0 Å². The predicted octanol–water partition coefficient (Wildman–Crippen LogP) is 4.84. The number of hydrogen-bond acceptors (Lipinski definition) is 5. The van der Waals surface area contributed by atoms with Crippen LogP contribution < -0.4 is 4.74 Å². The summed E-state index contributed by atoms with van der Waals surface area (Å²) in [5.74, 6) is 1.15. The zero-order chi connectivity index (χ0) is 23.3. The molecule has 33 heavy (non-hydrogen) atoms. The Labute approximate surface area is 200 Å². The normalized spacial score (nSPS) is 15.7. The molecule has 8 heteroatoms. The number of likely N-dealkylation sites (tertiary alicyclic amines) is 1. The van der Waals surface area contributed by atoms with Gasteiger partial charge in [-0.3, -0.25) is 0 Å². The molecule has 0 N–H and O–H groups in total. The molecule has 2 heterocycles. The highest BCUT2D eigenvalue weighted by molar-refractivity contribution is 7.89. The second-order valence-corrected chi connectivity index (χ2v) is 10.6. The molecule has 0 spiro atoms. The van der Waals surface area contributed by atoms with Gasteiger partial charge in [0.1, 0.15) is 11.5 Å². The van der Waals surface area contributed by atoms with E-state index in [1.807, 2.05) is 18.2 Å². The minimum atomic E-state index is -3.72. The number of benzene rings is 2. The second kappa shape index (κ2) is 10.7. The Balaban J connectivity index is 1.46. The molecule has 4 rings (SSSR count). The predicted molar refractivity (Wildman–Crippen MR) is 129 cm³/mol. The highest BCUT2D eigenvalue weighted by Crippen LogP contribution is 2.28. The molecule has 1 aromatic heterocycles. The molecule has 0 atom stereocenters. The number of furan rings is 1. The van der Waals surface area contributed by atoms with Crippen molar-refractivity contribution in [3.63, 3.8) is 0 Å². The molecule has 0 radical (unpaired) electrons. The molecule has 1 saturated heterocycles. The quantitative estimate of drug-likeness (QED) is 0.431. The summed E-state index contributed by atoms with van der Waals surface area (Å²) >= 11 is 5.98. The second-order valence-electron chi connectivity index (χ2n) is 8.26. The van der Waals surface area contributed by atoms with Crippen molar-refractivity contribution in [2.75, 3.05) is 26.7 Å². The van der Waals surface area contributed by atoms with Crippen molar-refractivity contribution in [3.05, 3.63) is 83.3 Å². The van der Waals surface area contributed by atoms with Crippen LogP contribution in [0.5, 0.6) is 5.75 Å². The summed E-state index contributed by atoms with van der Waals surface area (Å²) in [7, 11) is -2.19. The van der Waals surface area contributed by atoms with Gasteiger partial charge in [-0.1, -0.05) is 29.8 Å². The molecule has 1 fully saturated rings. The van der Waals surface area contributed by atoms with E-state index in [0.29, 0.717) is 11.5 Å². The average Bonchev–Trinajstić information content (AvgIpc) is 3.36. The lowest BCUT2D eigenvalue weighted by Crippen LogP contribution is -2.47. The van der Waals surface area contributed by atoms with E-state index < -0.39 is 10.0 Å². The van der Waals surface area contributed by atoms with Crippen LogP contribution in [0.1, 0.15) is 24.2 Å². The van der Waals surface area contributed by atoms with Crippen molar-refractivity contribution in [1.82, 2.24) is 9.21 Å². The topological polar surface area (TPSA) is 63.0 Å². The number of halogens is 1. The van der Waals surface area contributed by atoms with Crippen LogP contribution in [-0.4, -0.2) is 50.4 Å². The third-order valence-corrected chi connectivity index (χ3v) is 8.28. The Morgan fingerprint density at radius 1 is 1.09 bits per heavy atom. The van der Waals surface area contributed by atoms with Crippen molar-refractivity contribution >= 4 is 21.6 Å². The molecule has 0 aliphatic carbocycles. The Morgan fingerprint density at radius 3 is 2.52 bits per heavy atom. The van der Waals surface area contributed by atoms with Gasteiger partial charge in [-0.15, -0.1) is 0 Å². The maximum atomic E-state index is 13.7. The number of methoxy groups -OCH3 is 1. The fourth-order valence-electron chi connectivity index (χ4n) is 4.23. The van der Waals surface area contributed by atoms with Crippen LogP contribution in [0, 0.1) is 0 Å². The lowest BCUT2D eigenvalue weighted by molar-refractivity contribution is 0.153. The lowest BCUT2D eigenvalue weighted by atomic mass is 10.0. The maximum absolute atomic E-state index is 13.7. The van der Waals surface area contributed by atoms with Gasteiger partial charge in [0.25, 0.3) is 0 Å². The van der Waals surface area contributed by atoms with E-state index in [1.54, 1.807) is 40.9 Å².